The van der Waals surface area contributed by atoms with Gasteiger partial charge in [-0.25, -0.2) is 0 Å². The second kappa shape index (κ2) is 20.2. The Labute approximate surface area is 289 Å². The third-order valence-corrected chi connectivity index (χ3v) is 10.3. The number of carbonyl (C=O) groups is 3. The van der Waals surface area contributed by atoms with Gasteiger partial charge in [0.15, 0.2) is 0 Å². The summed E-state index contributed by atoms with van der Waals surface area (Å²) < 4.78 is 8.45. The summed E-state index contributed by atoms with van der Waals surface area (Å²) >= 11 is 1.51. The predicted molar refractivity (Wildman–Crippen MR) is 191 cm³/mol. The molecule has 2 saturated heterocycles. The van der Waals surface area contributed by atoms with E-state index >= 15 is 0 Å². The molecule has 0 spiro atoms. The summed E-state index contributed by atoms with van der Waals surface area (Å²) in [4.78, 5) is 41.7. The highest BCUT2D eigenvalue weighted by Crippen LogP contribution is 2.24. The van der Waals surface area contributed by atoms with E-state index in [2.05, 4.69) is 32.8 Å². The zero-order valence-electron chi connectivity index (χ0n) is 28.2. The maximum atomic E-state index is 13.9. The Hall–Kier alpha value is -3.45. The largest absolute Gasteiger partial charge is 0.384 e. The van der Waals surface area contributed by atoms with Crippen LogP contribution in [0.5, 0.6) is 0 Å². The van der Waals surface area contributed by atoms with Crippen molar-refractivity contribution in [2.75, 3.05) is 39.9 Å². The lowest BCUT2D eigenvalue weighted by molar-refractivity contribution is -0.136. The van der Waals surface area contributed by atoms with Crippen LogP contribution in [0.15, 0.2) is 54.6 Å². The highest BCUT2D eigenvalue weighted by Gasteiger charge is 2.29. The fraction of sp³-hybridized carbons (Fsp3) is 0.556. The van der Waals surface area contributed by atoms with Gasteiger partial charge >= 0.3 is 0 Å². The minimum absolute atomic E-state index is 0.000920. The molecule has 0 aliphatic carbocycles. The fourth-order valence-electron chi connectivity index (χ4n) is 6.36. The summed E-state index contributed by atoms with van der Waals surface area (Å²) in [5.74, 6) is 1.31. The van der Waals surface area contributed by atoms with Gasteiger partial charge in [-0.05, 0) is 87.4 Å². The Morgan fingerprint density at radius 2 is 1.56 bits per heavy atom. The average molecular weight is 680 g/mol. The number of benzene rings is 2. The highest BCUT2D eigenvalue weighted by atomic mass is 32.2. The summed E-state index contributed by atoms with van der Waals surface area (Å²) in [5, 5.41) is 17.2. The topological polar surface area (TPSA) is 162 Å². The minimum atomic E-state index is -0.651. The number of ether oxygens (including phenoxy) is 1. The van der Waals surface area contributed by atoms with Gasteiger partial charge in [0.2, 0.25) is 17.7 Å². The van der Waals surface area contributed by atoms with Crippen LogP contribution in [0.1, 0.15) is 68.1 Å². The number of nitrogens with two attached hydrogens (primary N) is 1. The van der Waals surface area contributed by atoms with Gasteiger partial charge < -0.3 is 31.3 Å². The number of piperidine rings is 2. The smallest absolute Gasteiger partial charge is 0.248 e. The molecule has 0 bridgehead atoms. The van der Waals surface area contributed by atoms with E-state index in [0.717, 1.165) is 62.7 Å². The first-order chi connectivity index (χ1) is 23.3. The standard InChI is InChI=1S/C36H53N7O4S/c1-47-24-33(44)43-21-17-27(18-22-43)10-14-32(42-48-25-29-5-3-2-4-6-29)36(46)41-31(13-9-26-15-19-39-20-16-26)35(45)40-23-28-7-11-30(12-8-28)34(37)38/h2-8,11-12,26-27,31-32,39,42H,9-10,13-25H2,1H3,(H3,37,38)(H,40,45)(H,41,46). The molecule has 4 rings (SSSR count). The van der Waals surface area contributed by atoms with Gasteiger partial charge in [0.05, 0.1) is 6.04 Å². The second-order valence-corrected chi connectivity index (χ2v) is 13.8. The molecule has 7 N–H and O–H groups in total. The lowest BCUT2D eigenvalue weighted by Crippen LogP contribution is -2.52. The van der Waals surface area contributed by atoms with Crippen molar-refractivity contribution in [1.82, 2.24) is 25.6 Å². The summed E-state index contributed by atoms with van der Waals surface area (Å²) in [7, 11) is 1.54. The van der Waals surface area contributed by atoms with E-state index in [1.54, 1.807) is 12.1 Å². The quantitative estimate of drug-likeness (QED) is 0.0795. The predicted octanol–water partition coefficient (Wildman–Crippen LogP) is 3.32. The van der Waals surface area contributed by atoms with Crippen LogP contribution in [-0.2, 0) is 31.4 Å². The first kappa shape index (κ1) is 37.4. The van der Waals surface area contributed by atoms with Gasteiger partial charge in [-0.1, -0.05) is 66.5 Å². The van der Waals surface area contributed by atoms with Gasteiger partial charge in [-0.2, -0.15) is 0 Å². The lowest BCUT2D eigenvalue weighted by Gasteiger charge is -2.32. The Bertz CT molecular complexity index is 1300. The molecule has 0 saturated carbocycles. The first-order valence-corrected chi connectivity index (χ1v) is 18.2. The second-order valence-electron chi connectivity index (χ2n) is 12.9. The Balaban J connectivity index is 1.38. The third-order valence-electron chi connectivity index (χ3n) is 9.41. The number of amidine groups is 1. The van der Waals surface area contributed by atoms with E-state index in [0.29, 0.717) is 55.6 Å². The maximum Gasteiger partial charge on any atom is 0.248 e. The normalized spacial score (nSPS) is 17.0. The number of hydrogen-bond acceptors (Lipinski definition) is 8. The number of likely N-dealkylation sites (tertiary alicyclic amines) is 1. The van der Waals surface area contributed by atoms with E-state index in [9.17, 15) is 14.4 Å². The molecule has 2 fully saturated rings. The molecule has 2 aromatic rings. The van der Waals surface area contributed by atoms with Crippen LogP contribution < -0.4 is 26.4 Å². The van der Waals surface area contributed by atoms with Crippen LogP contribution >= 0.6 is 11.9 Å². The third kappa shape index (κ3) is 12.5. The van der Waals surface area contributed by atoms with E-state index in [-0.39, 0.29) is 30.2 Å². The van der Waals surface area contributed by atoms with Crippen LogP contribution in [0, 0.1) is 17.2 Å². The number of amides is 3. The number of nitrogens with zero attached hydrogens (tertiary/aromatic N) is 1. The summed E-state index contributed by atoms with van der Waals surface area (Å²) in [6.07, 6.45) is 6.87. The van der Waals surface area contributed by atoms with Crippen molar-refractivity contribution in [3.05, 3.63) is 71.3 Å². The molecule has 12 heteroatoms. The van der Waals surface area contributed by atoms with Crippen molar-refractivity contribution < 1.29 is 19.1 Å². The molecule has 262 valence electrons. The molecule has 2 unspecified atom stereocenters. The lowest BCUT2D eigenvalue weighted by atomic mass is 9.90. The molecule has 0 aromatic heterocycles. The maximum absolute atomic E-state index is 13.9. The van der Waals surface area contributed by atoms with E-state index in [4.69, 9.17) is 15.9 Å². The molecule has 2 heterocycles. The van der Waals surface area contributed by atoms with Crippen LogP contribution in [0.3, 0.4) is 0 Å². The Morgan fingerprint density at radius 1 is 0.917 bits per heavy atom. The summed E-state index contributed by atoms with van der Waals surface area (Å²) in [6, 6.07) is 16.2. The van der Waals surface area contributed by atoms with Crippen molar-refractivity contribution in [1.29, 1.82) is 5.41 Å². The summed E-state index contributed by atoms with van der Waals surface area (Å²) in [6.45, 7) is 3.79. The molecule has 11 nitrogen and oxygen atoms in total. The molecular formula is C36H53N7O4S. The van der Waals surface area contributed by atoms with E-state index < -0.39 is 12.1 Å². The van der Waals surface area contributed by atoms with Crippen molar-refractivity contribution in [2.45, 2.75) is 75.7 Å². The number of nitrogens with one attached hydrogen (secondary N) is 5. The molecule has 2 aromatic carbocycles. The Morgan fingerprint density at radius 3 is 2.21 bits per heavy atom. The monoisotopic (exact) mass is 679 g/mol. The molecule has 48 heavy (non-hydrogen) atoms. The Kier molecular flexibility index (Phi) is 15.7. The van der Waals surface area contributed by atoms with Crippen molar-refractivity contribution in [3.8, 4) is 0 Å². The van der Waals surface area contributed by atoms with Gasteiger partial charge in [0, 0.05) is 38.1 Å². The van der Waals surface area contributed by atoms with Gasteiger partial charge in [0.25, 0.3) is 0 Å². The molecule has 3 amide bonds. The van der Waals surface area contributed by atoms with Gasteiger partial charge in [0.1, 0.15) is 18.5 Å². The van der Waals surface area contributed by atoms with Crippen LogP contribution in [0.4, 0.5) is 0 Å². The fourth-order valence-corrected chi connectivity index (χ4v) is 7.23. The highest BCUT2D eigenvalue weighted by molar-refractivity contribution is 7.96. The van der Waals surface area contributed by atoms with Crippen molar-refractivity contribution >= 4 is 35.5 Å². The average Bonchev–Trinajstić information content (AvgIpc) is 3.11. The van der Waals surface area contributed by atoms with E-state index in [1.807, 2.05) is 35.2 Å². The van der Waals surface area contributed by atoms with Crippen LogP contribution in [0.25, 0.3) is 0 Å². The van der Waals surface area contributed by atoms with Crippen molar-refractivity contribution in [2.24, 2.45) is 17.6 Å². The van der Waals surface area contributed by atoms with Gasteiger partial charge in [-0.15, -0.1) is 0 Å². The molecular weight excluding hydrogens is 627 g/mol. The molecule has 0 radical (unpaired) electrons. The number of methoxy groups -OCH3 is 1. The SMILES string of the molecule is COCC(=O)N1CCC(CCC(NSCc2ccccc2)C(=O)NC(CCC2CCNCC2)C(=O)NCc2ccc(C(=N)N)cc2)CC1. The van der Waals surface area contributed by atoms with Crippen LogP contribution in [-0.4, -0.2) is 80.4 Å². The van der Waals surface area contributed by atoms with Crippen LogP contribution in [0.2, 0.25) is 0 Å². The summed E-state index contributed by atoms with van der Waals surface area (Å²) in [5.41, 5.74) is 8.27. The number of nitrogen functional groups attached to an aromatic ring is 1. The number of rotatable bonds is 18. The minimum Gasteiger partial charge on any atom is -0.384 e. The number of carbonyl (C=O) groups excluding carboxylic acids is 3. The molecule has 2 aliphatic heterocycles. The van der Waals surface area contributed by atoms with Crippen molar-refractivity contribution in [3.63, 3.8) is 0 Å². The van der Waals surface area contributed by atoms with Gasteiger partial charge in [-0.3, -0.25) is 24.5 Å². The van der Waals surface area contributed by atoms with E-state index in [1.165, 1.54) is 19.1 Å². The molecule has 2 aliphatic rings. The zero-order chi connectivity index (χ0) is 34.1. The first-order valence-electron chi connectivity index (χ1n) is 17.2. The zero-order valence-corrected chi connectivity index (χ0v) is 29.0. The molecule has 2 atom stereocenters. The number of hydrogen-bond donors (Lipinski definition) is 6.